The van der Waals surface area contributed by atoms with Crippen LogP contribution in [0.5, 0.6) is 0 Å². The van der Waals surface area contributed by atoms with Gasteiger partial charge in [0.05, 0.1) is 16.3 Å². The largest absolute Gasteiger partial charge is 0.317 e. The van der Waals surface area contributed by atoms with Crippen LogP contribution in [0, 0.1) is 13.8 Å². The Balaban J connectivity index is 1.70. The van der Waals surface area contributed by atoms with Crippen molar-refractivity contribution in [2.45, 2.75) is 13.8 Å². The van der Waals surface area contributed by atoms with Gasteiger partial charge in [-0.3, -0.25) is 0 Å². The molecule has 0 aliphatic carbocycles. The Morgan fingerprint density at radius 1 is 0.889 bits per heavy atom. The van der Waals surface area contributed by atoms with Crippen LogP contribution in [-0.2, 0) is 0 Å². The fourth-order valence-corrected chi connectivity index (χ4v) is 4.39. The molecule has 0 aliphatic heterocycles. The van der Waals surface area contributed by atoms with Gasteiger partial charge in [0.15, 0.2) is 5.65 Å². The highest BCUT2D eigenvalue weighted by Gasteiger charge is 2.16. The van der Waals surface area contributed by atoms with Crippen molar-refractivity contribution in [2.75, 3.05) is 0 Å². The predicted octanol–water partition coefficient (Wildman–Crippen LogP) is 5.53. The van der Waals surface area contributed by atoms with E-state index in [9.17, 15) is 0 Å². The van der Waals surface area contributed by atoms with Crippen LogP contribution in [-0.4, -0.2) is 19.2 Å². The normalized spacial score (nSPS) is 11.3. The molecule has 0 bridgehead atoms. The highest BCUT2D eigenvalue weighted by molar-refractivity contribution is 7.14. The van der Waals surface area contributed by atoms with Crippen molar-refractivity contribution in [1.29, 1.82) is 0 Å². The van der Waals surface area contributed by atoms with Crippen molar-refractivity contribution in [1.82, 2.24) is 19.2 Å². The molecule has 4 nitrogen and oxygen atoms in total. The molecule has 0 saturated carbocycles. The second kappa shape index (κ2) is 6.21. The van der Waals surface area contributed by atoms with E-state index in [1.807, 2.05) is 35.0 Å². The zero-order valence-corrected chi connectivity index (χ0v) is 15.9. The van der Waals surface area contributed by atoms with E-state index in [2.05, 4.69) is 65.2 Å². The van der Waals surface area contributed by atoms with Crippen LogP contribution >= 0.6 is 11.3 Å². The molecule has 0 fully saturated rings. The SMILES string of the molecule is Cc1ccc(C)n1-c1ccsc1-c1cc2nccc(-c3ccccc3)n2n1. The van der Waals surface area contributed by atoms with Crippen molar-refractivity contribution in [3.63, 3.8) is 0 Å². The number of aromatic nitrogens is 4. The molecular weight excluding hydrogens is 352 g/mol. The summed E-state index contributed by atoms with van der Waals surface area (Å²) in [6, 6.07) is 20.8. The lowest BCUT2D eigenvalue weighted by Gasteiger charge is -2.09. The molecule has 5 rings (SSSR count). The van der Waals surface area contributed by atoms with E-state index in [0.717, 1.165) is 27.5 Å². The first-order valence-electron chi connectivity index (χ1n) is 8.86. The third kappa shape index (κ3) is 2.59. The third-order valence-electron chi connectivity index (χ3n) is 4.82. The monoisotopic (exact) mass is 370 g/mol. The van der Waals surface area contributed by atoms with E-state index in [1.54, 1.807) is 11.3 Å². The molecule has 5 aromatic rings. The lowest BCUT2D eigenvalue weighted by Crippen LogP contribution is -1.99. The molecule has 4 aromatic heterocycles. The molecule has 4 heterocycles. The van der Waals surface area contributed by atoms with Gasteiger partial charge in [-0.1, -0.05) is 30.3 Å². The maximum absolute atomic E-state index is 4.91. The molecule has 0 saturated heterocycles. The lowest BCUT2D eigenvalue weighted by atomic mass is 10.1. The highest BCUT2D eigenvalue weighted by atomic mass is 32.1. The van der Waals surface area contributed by atoms with Crippen molar-refractivity contribution in [3.8, 4) is 27.5 Å². The molecule has 0 amide bonds. The van der Waals surface area contributed by atoms with Gasteiger partial charge >= 0.3 is 0 Å². The molecule has 0 unspecified atom stereocenters. The van der Waals surface area contributed by atoms with Gasteiger partial charge in [-0.25, -0.2) is 9.50 Å². The molecule has 0 N–H and O–H groups in total. The first kappa shape index (κ1) is 16.0. The van der Waals surface area contributed by atoms with E-state index in [4.69, 9.17) is 5.10 Å². The maximum atomic E-state index is 4.91. The summed E-state index contributed by atoms with van der Waals surface area (Å²) < 4.78 is 4.21. The van der Waals surface area contributed by atoms with Crippen LogP contribution in [0.1, 0.15) is 11.4 Å². The van der Waals surface area contributed by atoms with Crippen LogP contribution in [0.4, 0.5) is 0 Å². The summed E-state index contributed by atoms with van der Waals surface area (Å²) >= 11 is 1.71. The standard InChI is InChI=1S/C22H18N4S/c1-15-8-9-16(2)25(15)20-11-13-27-22(20)18-14-21-23-12-10-19(26(21)24-18)17-6-4-3-5-7-17/h3-14H,1-2H3. The Hall–Kier alpha value is -3.18. The molecule has 27 heavy (non-hydrogen) atoms. The Labute approximate surface area is 161 Å². The zero-order valence-electron chi connectivity index (χ0n) is 15.1. The molecular formula is C22H18N4S. The average Bonchev–Trinajstić information content (AvgIpc) is 3.40. The number of hydrogen-bond acceptors (Lipinski definition) is 3. The quantitative estimate of drug-likeness (QED) is 0.418. The van der Waals surface area contributed by atoms with Crippen molar-refractivity contribution < 1.29 is 0 Å². The molecule has 132 valence electrons. The number of aryl methyl sites for hydroxylation is 2. The minimum atomic E-state index is 0.853. The number of thiophene rings is 1. The fraction of sp³-hybridized carbons (Fsp3) is 0.0909. The molecule has 1 aromatic carbocycles. The number of hydrogen-bond donors (Lipinski definition) is 0. The van der Waals surface area contributed by atoms with E-state index >= 15 is 0 Å². The van der Waals surface area contributed by atoms with Gasteiger partial charge in [0.2, 0.25) is 0 Å². The summed E-state index contributed by atoms with van der Waals surface area (Å²) in [6.45, 7) is 4.26. The second-order valence-electron chi connectivity index (χ2n) is 6.58. The summed E-state index contributed by atoms with van der Waals surface area (Å²) in [5.41, 5.74) is 7.58. The summed E-state index contributed by atoms with van der Waals surface area (Å²) in [5.74, 6) is 0. The van der Waals surface area contributed by atoms with Gasteiger partial charge in [-0.15, -0.1) is 11.3 Å². The number of nitrogens with zero attached hydrogens (tertiary/aromatic N) is 4. The van der Waals surface area contributed by atoms with Gasteiger partial charge in [0.25, 0.3) is 0 Å². The molecule has 0 atom stereocenters. The van der Waals surface area contributed by atoms with E-state index in [-0.39, 0.29) is 0 Å². The molecule has 0 spiro atoms. The van der Waals surface area contributed by atoms with Crippen LogP contribution < -0.4 is 0 Å². The summed E-state index contributed by atoms with van der Waals surface area (Å²) in [4.78, 5) is 5.68. The van der Waals surface area contributed by atoms with Gasteiger partial charge in [-0.2, -0.15) is 5.10 Å². The lowest BCUT2D eigenvalue weighted by molar-refractivity contribution is 0.946. The van der Waals surface area contributed by atoms with Gasteiger partial charge in [-0.05, 0) is 43.5 Å². The summed E-state index contributed by atoms with van der Waals surface area (Å²) in [6.07, 6.45) is 1.85. The maximum Gasteiger partial charge on any atom is 0.156 e. The highest BCUT2D eigenvalue weighted by Crippen LogP contribution is 2.34. The molecule has 5 heteroatoms. The smallest absolute Gasteiger partial charge is 0.156 e. The number of fused-ring (bicyclic) bond motifs is 1. The van der Waals surface area contributed by atoms with E-state index < -0.39 is 0 Å². The minimum absolute atomic E-state index is 0.853. The van der Waals surface area contributed by atoms with Crippen LogP contribution in [0.15, 0.2) is 72.2 Å². The van der Waals surface area contributed by atoms with Crippen molar-refractivity contribution in [2.24, 2.45) is 0 Å². The van der Waals surface area contributed by atoms with Crippen molar-refractivity contribution >= 4 is 17.0 Å². The first-order chi connectivity index (χ1) is 13.2. The summed E-state index contributed by atoms with van der Waals surface area (Å²) in [7, 11) is 0. The predicted molar refractivity (Wildman–Crippen MR) is 111 cm³/mol. The number of rotatable bonds is 3. The van der Waals surface area contributed by atoms with E-state index in [1.165, 1.54) is 17.1 Å². The molecule has 0 radical (unpaired) electrons. The first-order valence-corrected chi connectivity index (χ1v) is 9.74. The van der Waals surface area contributed by atoms with Gasteiger partial charge < -0.3 is 4.57 Å². The van der Waals surface area contributed by atoms with Crippen LogP contribution in [0.3, 0.4) is 0 Å². The Kier molecular flexibility index (Phi) is 3.69. The summed E-state index contributed by atoms with van der Waals surface area (Å²) in [5, 5.41) is 7.04. The minimum Gasteiger partial charge on any atom is -0.317 e. The number of benzene rings is 1. The van der Waals surface area contributed by atoms with E-state index in [0.29, 0.717) is 0 Å². The zero-order chi connectivity index (χ0) is 18.4. The Bertz CT molecular complexity index is 1220. The van der Waals surface area contributed by atoms with Gasteiger partial charge in [0.1, 0.15) is 5.69 Å². The second-order valence-corrected chi connectivity index (χ2v) is 7.50. The molecule has 0 aliphatic rings. The Morgan fingerprint density at radius 2 is 1.67 bits per heavy atom. The van der Waals surface area contributed by atoms with Crippen molar-refractivity contribution in [3.05, 3.63) is 83.6 Å². The topological polar surface area (TPSA) is 35.1 Å². The van der Waals surface area contributed by atoms with Crippen LogP contribution in [0.2, 0.25) is 0 Å². The van der Waals surface area contributed by atoms with Crippen LogP contribution in [0.25, 0.3) is 33.2 Å². The average molecular weight is 370 g/mol. The van der Waals surface area contributed by atoms with Gasteiger partial charge in [0, 0.05) is 29.2 Å². The third-order valence-corrected chi connectivity index (χ3v) is 5.74. The Morgan fingerprint density at radius 3 is 2.44 bits per heavy atom. The fourth-order valence-electron chi connectivity index (χ4n) is 3.55.